The van der Waals surface area contributed by atoms with Gasteiger partial charge in [0.1, 0.15) is 0 Å². The standard InChI is InChI=1S/C13H24BrN3O/c1-5-7-15-9-13(4,18)8-11-12(14)10(3)16-17(11)6-2/h15,18H,5-9H2,1-4H3. The second-order valence-electron chi connectivity index (χ2n) is 5.01. The van der Waals surface area contributed by atoms with Crippen molar-refractivity contribution in [2.75, 3.05) is 13.1 Å². The Morgan fingerprint density at radius 2 is 2.11 bits per heavy atom. The molecule has 2 N–H and O–H groups in total. The number of nitrogens with zero attached hydrogens (tertiary/aromatic N) is 2. The molecule has 104 valence electrons. The van der Waals surface area contributed by atoms with Crippen LogP contribution in [0.15, 0.2) is 4.47 Å². The average Bonchev–Trinajstić information content (AvgIpc) is 2.56. The lowest BCUT2D eigenvalue weighted by atomic mass is 10.00. The highest BCUT2D eigenvalue weighted by Crippen LogP contribution is 2.24. The fraction of sp³-hybridized carbons (Fsp3) is 0.769. The summed E-state index contributed by atoms with van der Waals surface area (Å²) in [6.45, 7) is 10.4. The Bertz CT molecular complexity index is 388. The van der Waals surface area contributed by atoms with Gasteiger partial charge in [0, 0.05) is 19.5 Å². The molecule has 0 saturated heterocycles. The number of nitrogens with one attached hydrogen (secondary N) is 1. The van der Waals surface area contributed by atoms with Crippen molar-refractivity contribution in [3.8, 4) is 0 Å². The molecule has 0 aromatic carbocycles. The zero-order valence-corrected chi connectivity index (χ0v) is 13.3. The third-order valence-corrected chi connectivity index (χ3v) is 3.97. The van der Waals surface area contributed by atoms with Crippen LogP contribution in [-0.4, -0.2) is 33.6 Å². The summed E-state index contributed by atoms with van der Waals surface area (Å²) in [6.07, 6.45) is 1.67. The number of hydrogen-bond acceptors (Lipinski definition) is 3. The summed E-state index contributed by atoms with van der Waals surface area (Å²) >= 11 is 3.56. The summed E-state index contributed by atoms with van der Waals surface area (Å²) in [6, 6.07) is 0. The predicted molar refractivity (Wildman–Crippen MR) is 77.8 cm³/mol. The second-order valence-corrected chi connectivity index (χ2v) is 5.81. The molecule has 0 fully saturated rings. The summed E-state index contributed by atoms with van der Waals surface area (Å²) in [5, 5.41) is 18.1. The first kappa shape index (κ1) is 15.7. The van der Waals surface area contributed by atoms with Crippen LogP contribution >= 0.6 is 15.9 Å². The van der Waals surface area contributed by atoms with Crippen LogP contribution < -0.4 is 5.32 Å². The van der Waals surface area contributed by atoms with Gasteiger partial charge in [-0.3, -0.25) is 4.68 Å². The molecular formula is C13H24BrN3O. The lowest BCUT2D eigenvalue weighted by Gasteiger charge is -2.24. The first-order chi connectivity index (χ1) is 8.41. The van der Waals surface area contributed by atoms with Crippen molar-refractivity contribution < 1.29 is 5.11 Å². The molecule has 0 amide bonds. The monoisotopic (exact) mass is 317 g/mol. The molecule has 1 rings (SSSR count). The number of aromatic nitrogens is 2. The number of aliphatic hydroxyl groups is 1. The van der Waals surface area contributed by atoms with E-state index in [1.807, 2.05) is 18.5 Å². The van der Waals surface area contributed by atoms with E-state index in [-0.39, 0.29) is 0 Å². The molecule has 1 aromatic rings. The quantitative estimate of drug-likeness (QED) is 0.758. The molecule has 1 unspecified atom stereocenters. The van der Waals surface area contributed by atoms with E-state index < -0.39 is 5.60 Å². The minimum Gasteiger partial charge on any atom is -0.388 e. The fourth-order valence-electron chi connectivity index (χ4n) is 2.00. The van der Waals surface area contributed by atoms with E-state index in [1.165, 1.54) is 0 Å². The van der Waals surface area contributed by atoms with Crippen molar-refractivity contribution in [3.05, 3.63) is 15.9 Å². The maximum absolute atomic E-state index is 10.4. The molecule has 0 aliphatic carbocycles. The molecule has 0 bridgehead atoms. The summed E-state index contributed by atoms with van der Waals surface area (Å²) < 4.78 is 2.97. The van der Waals surface area contributed by atoms with E-state index in [2.05, 4.69) is 40.2 Å². The maximum atomic E-state index is 10.4. The summed E-state index contributed by atoms with van der Waals surface area (Å²) in [4.78, 5) is 0. The van der Waals surface area contributed by atoms with Gasteiger partial charge in [0.15, 0.2) is 0 Å². The van der Waals surface area contributed by atoms with Gasteiger partial charge >= 0.3 is 0 Å². The van der Waals surface area contributed by atoms with Crippen molar-refractivity contribution in [2.24, 2.45) is 0 Å². The molecule has 1 atom stereocenters. The average molecular weight is 318 g/mol. The molecule has 1 heterocycles. The molecule has 0 saturated carbocycles. The number of rotatable bonds is 7. The van der Waals surface area contributed by atoms with Crippen molar-refractivity contribution in [2.45, 2.75) is 52.7 Å². The van der Waals surface area contributed by atoms with Crippen LogP contribution in [0.4, 0.5) is 0 Å². The Morgan fingerprint density at radius 1 is 1.44 bits per heavy atom. The molecule has 0 radical (unpaired) electrons. The molecule has 0 aliphatic heterocycles. The molecule has 4 nitrogen and oxygen atoms in total. The van der Waals surface area contributed by atoms with E-state index in [9.17, 15) is 5.11 Å². The Morgan fingerprint density at radius 3 is 2.67 bits per heavy atom. The van der Waals surface area contributed by atoms with Crippen LogP contribution in [0.5, 0.6) is 0 Å². The Labute approximate surface area is 118 Å². The van der Waals surface area contributed by atoms with E-state index >= 15 is 0 Å². The Balaban J connectivity index is 2.76. The minimum atomic E-state index is -0.753. The van der Waals surface area contributed by atoms with E-state index in [0.29, 0.717) is 13.0 Å². The van der Waals surface area contributed by atoms with Crippen molar-refractivity contribution in [1.29, 1.82) is 0 Å². The van der Waals surface area contributed by atoms with Gasteiger partial charge in [-0.2, -0.15) is 5.10 Å². The highest BCUT2D eigenvalue weighted by Gasteiger charge is 2.25. The summed E-state index contributed by atoms with van der Waals surface area (Å²) in [5.41, 5.74) is 1.29. The van der Waals surface area contributed by atoms with Crippen molar-refractivity contribution >= 4 is 15.9 Å². The topological polar surface area (TPSA) is 50.1 Å². The van der Waals surface area contributed by atoms with Crippen LogP contribution in [0, 0.1) is 6.92 Å². The molecule has 18 heavy (non-hydrogen) atoms. The van der Waals surface area contributed by atoms with Crippen LogP contribution in [-0.2, 0) is 13.0 Å². The number of hydrogen-bond donors (Lipinski definition) is 2. The van der Waals surface area contributed by atoms with E-state index in [1.54, 1.807) is 0 Å². The number of halogens is 1. The van der Waals surface area contributed by atoms with Crippen LogP contribution in [0.1, 0.15) is 38.6 Å². The normalized spacial score (nSPS) is 14.8. The van der Waals surface area contributed by atoms with Gasteiger partial charge < -0.3 is 10.4 Å². The Kier molecular flexibility index (Phi) is 5.82. The highest BCUT2D eigenvalue weighted by molar-refractivity contribution is 9.10. The third kappa shape index (κ3) is 4.07. The van der Waals surface area contributed by atoms with Crippen LogP contribution in [0.2, 0.25) is 0 Å². The second kappa shape index (κ2) is 6.68. The Hall–Kier alpha value is -0.390. The van der Waals surface area contributed by atoms with Gasteiger partial charge in [-0.05, 0) is 49.7 Å². The smallest absolute Gasteiger partial charge is 0.0799 e. The largest absolute Gasteiger partial charge is 0.388 e. The fourth-order valence-corrected chi connectivity index (χ4v) is 2.42. The van der Waals surface area contributed by atoms with E-state index in [0.717, 1.165) is 35.4 Å². The molecular weight excluding hydrogens is 294 g/mol. The summed E-state index contributed by atoms with van der Waals surface area (Å²) in [7, 11) is 0. The van der Waals surface area contributed by atoms with Gasteiger partial charge in [0.25, 0.3) is 0 Å². The maximum Gasteiger partial charge on any atom is 0.0799 e. The highest BCUT2D eigenvalue weighted by atomic mass is 79.9. The first-order valence-electron chi connectivity index (χ1n) is 6.56. The number of aryl methyl sites for hydroxylation is 2. The van der Waals surface area contributed by atoms with Gasteiger partial charge in [0.05, 0.1) is 21.5 Å². The van der Waals surface area contributed by atoms with Gasteiger partial charge in [0.2, 0.25) is 0 Å². The van der Waals surface area contributed by atoms with E-state index in [4.69, 9.17) is 0 Å². The SMILES string of the molecule is CCCNCC(C)(O)Cc1c(Br)c(C)nn1CC. The van der Waals surface area contributed by atoms with Crippen molar-refractivity contribution in [3.63, 3.8) is 0 Å². The zero-order chi connectivity index (χ0) is 13.8. The summed E-state index contributed by atoms with van der Waals surface area (Å²) in [5.74, 6) is 0. The molecule has 0 aliphatic rings. The lowest BCUT2D eigenvalue weighted by molar-refractivity contribution is 0.0581. The zero-order valence-electron chi connectivity index (χ0n) is 11.8. The van der Waals surface area contributed by atoms with Gasteiger partial charge in [-0.25, -0.2) is 0 Å². The molecule has 0 spiro atoms. The van der Waals surface area contributed by atoms with Gasteiger partial charge in [-0.15, -0.1) is 0 Å². The van der Waals surface area contributed by atoms with Crippen LogP contribution in [0.25, 0.3) is 0 Å². The van der Waals surface area contributed by atoms with Crippen molar-refractivity contribution in [1.82, 2.24) is 15.1 Å². The molecule has 5 heteroatoms. The molecule has 1 aromatic heterocycles. The third-order valence-electron chi connectivity index (χ3n) is 2.93. The minimum absolute atomic E-state index is 0.596. The lowest BCUT2D eigenvalue weighted by Crippen LogP contribution is -2.40. The predicted octanol–water partition coefficient (Wildman–Crippen LogP) is 2.27. The van der Waals surface area contributed by atoms with Gasteiger partial charge in [-0.1, -0.05) is 6.92 Å². The van der Waals surface area contributed by atoms with Crippen LogP contribution in [0.3, 0.4) is 0 Å². The first-order valence-corrected chi connectivity index (χ1v) is 7.35.